The van der Waals surface area contributed by atoms with Crippen LogP contribution in [-0.4, -0.2) is 48.9 Å². The van der Waals surface area contributed by atoms with E-state index in [1.54, 1.807) is 0 Å². The summed E-state index contributed by atoms with van der Waals surface area (Å²) in [7, 11) is 0. The molecule has 0 heterocycles. The zero-order valence-corrected chi connectivity index (χ0v) is 11.0. The topological polar surface area (TPSA) is 30.5 Å². The molecule has 0 aromatic heterocycles. The molecule has 15 heavy (non-hydrogen) atoms. The van der Waals surface area contributed by atoms with Crippen LogP contribution in [0.15, 0.2) is 0 Å². The lowest BCUT2D eigenvalue weighted by Gasteiger charge is -2.36. The molecule has 4 nitrogen and oxygen atoms in total. The van der Waals surface area contributed by atoms with E-state index in [1.165, 1.54) is 0 Å². The van der Waals surface area contributed by atoms with Crippen LogP contribution < -0.4 is 10.7 Å². The van der Waals surface area contributed by atoms with Gasteiger partial charge >= 0.3 is 0 Å². The van der Waals surface area contributed by atoms with Crippen LogP contribution in [0.1, 0.15) is 34.6 Å². The highest BCUT2D eigenvalue weighted by Crippen LogP contribution is 1.99. The summed E-state index contributed by atoms with van der Waals surface area (Å²) in [6, 6.07) is 0.492. The highest BCUT2D eigenvalue weighted by atomic mass is 15.8. The van der Waals surface area contributed by atoms with Gasteiger partial charge in [-0.25, -0.2) is 10.4 Å². The standard InChI is InChI=1S/C11H28N4/c1-6-12-9-10-13-15(11(4)5)14(7-2)8-3/h11-13H,6-10H2,1-5H3. The molecule has 0 aromatic rings. The van der Waals surface area contributed by atoms with Crippen molar-refractivity contribution in [3.63, 3.8) is 0 Å². The Balaban J connectivity index is 3.92. The quantitative estimate of drug-likeness (QED) is 0.446. The van der Waals surface area contributed by atoms with Gasteiger partial charge in [-0.3, -0.25) is 0 Å². The Hall–Kier alpha value is -0.160. The van der Waals surface area contributed by atoms with Crippen molar-refractivity contribution in [3.05, 3.63) is 0 Å². The summed E-state index contributed by atoms with van der Waals surface area (Å²) in [5.41, 5.74) is 3.45. The molecule has 0 radical (unpaired) electrons. The molecule has 4 heteroatoms. The van der Waals surface area contributed by atoms with Gasteiger partial charge in [0.05, 0.1) is 0 Å². The minimum absolute atomic E-state index is 0.492. The lowest BCUT2D eigenvalue weighted by Crippen LogP contribution is -2.55. The number of hydrogen-bond donors (Lipinski definition) is 2. The van der Waals surface area contributed by atoms with Crippen molar-refractivity contribution in [2.24, 2.45) is 0 Å². The monoisotopic (exact) mass is 216 g/mol. The normalized spacial score (nSPS) is 12.0. The highest BCUT2D eigenvalue weighted by Gasteiger charge is 2.14. The predicted molar refractivity (Wildman–Crippen MR) is 66.4 cm³/mol. The molecule has 2 N–H and O–H groups in total. The minimum atomic E-state index is 0.492. The average molecular weight is 216 g/mol. The zero-order chi connectivity index (χ0) is 11.7. The molecule has 0 aromatic carbocycles. The maximum atomic E-state index is 3.45. The first-order valence-corrected chi connectivity index (χ1v) is 6.15. The summed E-state index contributed by atoms with van der Waals surface area (Å²) in [5, 5.41) is 7.86. The van der Waals surface area contributed by atoms with Crippen LogP contribution in [0.5, 0.6) is 0 Å². The van der Waals surface area contributed by atoms with E-state index < -0.39 is 0 Å². The molecule has 0 bridgehead atoms. The second kappa shape index (κ2) is 9.09. The molecule has 0 aliphatic heterocycles. The molecule has 0 rings (SSSR count). The summed E-state index contributed by atoms with van der Waals surface area (Å²) in [6.45, 7) is 16.0. The number of nitrogens with zero attached hydrogens (tertiary/aromatic N) is 2. The predicted octanol–water partition coefficient (Wildman–Crippen LogP) is 1.07. The van der Waals surface area contributed by atoms with Crippen LogP contribution >= 0.6 is 0 Å². The summed E-state index contributed by atoms with van der Waals surface area (Å²) in [4.78, 5) is 0. The maximum absolute atomic E-state index is 3.45. The van der Waals surface area contributed by atoms with Crippen molar-refractivity contribution in [2.75, 3.05) is 32.7 Å². The van der Waals surface area contributed by atoms with Gasteiger partial charge in [0.1, 0.15) is 0 Å². The molecule has 0 aliphatic rings. The smallest absolute Gasteiger partial charge is 0.0346 e. The third kappa shape index (κ3) is 6.10. The summed E-state index contributed by atoms with van der Waals surface area (Å²) < 4.78 is 0. The summed E-state index contributed by atoms with van der Waals surface area (Å²) in [5.74, 6) is 0. The zero-order valence-electron chi connectivity index (χ0n) is 11.0. The third-order valence-corrected chi connectivity index (χ3v) is 2.35. The first kappa shape index (κ1) is 14.8. The fraction of sp³-hybridized carbons (Fsp3) is 1.00. The Morgan fingerprint density at radius 3 is 2.00 bits per heavy atom. The van der Waals surface area contributed by atoms with E-state index in [0.29, 0.717) is 6.04 Å². The van der Waals surface area contributed by atoms with Crippen LogP contribution in [0.3, 0.4) is 0 Å². The Bertz CT molecular complexity index is 135. The van der Waals surface area contributed by atoms with Crippen molar-refractivity contribution in [1.82, 2.24) is 20.9 Å². The number of nitrogens with one attached hydrogen (secondary N) is 2. The summed E-state index contributed by atoms with van der Waals surface area (Å²) >= 11 is 0. The average Bonchev–Trinajstić information content (AvgIpc) is 2.22. The van der Waals surface area contributed by atoms with E-state index in [1.807, 2.05) is 0 Å². The Kier molecular flexibility index (Phi) is 9.00. The summed E-state index contributed by atoms with van der Waals surface area (Å²) in [6.07, 6.45) is 0. The van der Waals surface area contributed by atoms with E-state index >= 15 is 0 Å². The lowest BCUT2D eigenvalue weighted by molar-refractivity contribution is -0.0877. The van der Waals surface area contributed by atoms with Gasteiger partial charge < -0.3 is 5.32 Å². The van der Waals surface area contributed by atoms with E-state index in [0.717, 1.165) is 32.7 Å². The van der Waals surface area contributed by atoms with Gasteiger partial charge in [0.15, 0.2) is 0 Å². The molecule has 0 fully saturated rings. The molecular formula is C11H28N4. The molecule has 0 atom stereocenters. The van der Waals surface area contributed by atoms with Gasteiger partial charge in [-0.2, -0.15) is 5.12 Å². The maximum Gasteiger partial charge on any atom is 0.0346 e. The molecular weight excluding hydrogens is 188 g/mol. The van der Waals surface area contributed by atoms with Crippen LogP contribution in [-0.2, 0) is 0 Å². The molecule has 0 saturated heterocycles. The molecule has 92 valence electrons. The molecule has 0 saturated carbocycles. The Morgan fingerprint density at radius 2 is 1.60 bits per heavy atom. The lowest BCUT2D eigenvalue weighted by atomic mass is 10.4. The first-order chi connectivity index (χ1) is 7.17. The molecule has 0 aliphatic carbocycles. The number of hydrogen-bond acceptors (Lipinski definition) is 4. The van der Waals surface area contributed by atoms with Crippen molar-refractivity contribution < 1.29 is 0 Å². The van der Waals surface area contributed by atoms with E-state index in [4.69, 9.17) is 0 Å². The van der Waals surface area contributed by atoms with Gasteiger partial charge in [-0.1, -0.05) is 20.8 Å². The first-order valence-electron chi connectivity index (χ1n) is 6.15. The van der Waals surface area contributed by atoms with Crippen LogP contribution in [0.25, 0.3) is 0 Å². The second-order valence-electron chi connectivity index (χ2n) is 3.84. The number of rotatable bonds is 9. The molecule has 0 amide bonds. The van der Waals surface area contributed by atoms with Gasteiger partial charge in [-0.15, -0.1) is 0 Å². The van der Waals surface area contributed by atoms with Gasteiger partial charge in [-0.05, 0) is 20.4 Å². The van der Waals surface area contributed by atoms with Crippen molar-refractivity contribution >= 4 is 0 Å². The second-order valence-corrected chi connectivity index (χ2v) is 3.84. The fourth-order valence-corrected chi connectivity index (χ4v) is 1.57. The van der Waals surface area contributed by atoms with Gasteiger partial charge in [0.2, 0.25) is 0 Å². The van der Waals surface area contributed by atoms with Crippen LogP contribution in [0.2, 0.25) is 0 Å². The van der Waals surface area contributed by atoms with Crippen LogP contribution in [0, 0.1) is 0 Å². The largest absolute Gasteiger partial charge is 0.316 e. The van der Waals surface area contributed by atoms with Crippen molar-refractivity contribution in [3.8, 4) is 0 Å². The van der Waals surface area contributed by atoms with E-state index in [-0.39, 0.29) is 0 Å². The number of hydrazine groups is 2. The Morgan fingerprint density at radius 1 is 1.00 bits per heavy atom. The highest BCUT2D eigenvalue weighted by molar-refractivity contribution is 4.57. The SMILES string of the molecule is CCNCCNN(C(C)C)N(CC)CC. The fourth-order valence-electron chi connectivity index (χ4n) is 1.57. The molecule has 0 spiro atoms. The minimum Gasteiger partial charge on any atom is -0.316 e. The Labute approximate surface area is 94.9 Å². The molecule has 0 unspecified atom stereocenters. The van der Waals surface area contributed by atoms with Gasteiger partial charge in [0.25, 0.3) is 0 Å². The van der Waals surface area contributed by atoms with E-state index in [9.17, 15) is 0 Å². The number of likely N-dealkylation sites (N-methyl/N-ethyl adjacent to an activating group) is 1. The van der Waals surface area contributed by atoms with Crippen LogP contribution in [0.4, 0.5) is 0 Å². The van der Waals surface area contributed by atoms with E-state index in [2.05, 4.69) is 55.5 Å². The van der Waals surface area contributed by atoms with Crippen molar-refractivity contribution in [1.29, 1.82) is 0 Å². The third-order valence-electron chi connectivity index (χ3n) is 2.35. The van der Waals surface area contributed by atoms with Crippen molar-refractivity contribution in [2.45, 2.75) is 40.7 Å². The van der Waals surface area contributed by atoms with Gasteiger partial charge in [0, 0.05) is 32.2 Å².